The molecular formula is C18H21F2N3O2S. The third kappa shape index (κ3) is 2.90. The Balaban J connectivity index is 1.72. The Bertz CT molecular complexity index is 907. The van der Waals surface area contributed by atoms with E-state index in [1.807, 2.05) is 4.90 Å². The molecule has 2 aliphatic rings. The van der Waals surface area contributed by atoms with E-state index in [2.05, 4.69) is 5.10 Å². The number of hydrogen-bond donors (Lipinski definition) is 0. The summed E-state index contributed by atoms with van der Waals surface area (Å²) in [6.45, 7) is 0.576. The number of benzene rings is 1. The van der Waals surface area contributed by atoms with Gasteiger partial charge in [-0.1, -0.05) is 12.8 Å². The highest BCUT2D eigenvalue weighted by Crippen LogP contribution is 2.38. The Kier molecular flexibility index (Phi) is 4.46. The average molecular weight is 381 g/mol. The first-order valence-electron chi connectivity index (χ1n) is 8.98. The van der Waals surface area contributed by atoms with Gasteiger partial charge in [0.05, 0.1) is 17.5 Å². The molecule has 4 rings (SSSR count). The number of halogens is 2. The zero-order valence-corrected chi connectivity index (χ0v) is 15.1. The molecule has 1 aromatic heterocycles. The van der Waals surface area contributed by atoms with Crippen LogP contribution < -0.4 is 4.90 Å². The molecule has 26 heavy (non-hydrogen) atoms. The minimum Gasteiger partial charge on any atom is -0.349 e. The molecule has 1 aliphatic carbocycles. The highest BCUT2D eigenvalue weighted by molar-refractivity contribution is 7.90. The van der Waals surface area contributed by atoms with E-state index >= 15 is 0 Å². The summed E-state index contributed by atoms with van der Waals surface area (Å²) in [5, 5.41) is 3.64. The largest absolute Gasteiger partial charge is 0.349 e. The van der Waals surface area contributed by atoms with E-state index in [9.17, 15) is 17.2 Å². The van der Waals surface area contributed by atoms with Gasteiger partial charge in [0, 0.05) is 18.2 Å². The molecule has 2 fully saturated rings. The van der Waals surface area contributed by atoms with Crippen LogP contribution in [0.15, 0.2) is 30.5 Å². The summed E-state index contributed by atoms with van der Waals surface area (Å²) in [7, 11) is -3.59. The molecule has 1 unspecified atom stereocenters. The van der Waals surface area contributed by atoms with Crippen molar-refractivity contribution in [3.8, 4) is 0 Å². The quantitative estimate of drug-likeness (QED) is 0.812. The monoisotopic (exact) mass is 381 g/mol. The lowest BCUT2D eigenvalue weighted by Crippen LogP contribution is -2.32. The average Bonchev–Trinajstić information content (AvgIpc) is 3.37. The van der Waals surface area contributed by atoms with Crippen molar-refractivity contribution in [2.75, 3.05) is 11.4 Å². The Morgan fingerprint density at radius 1 is 1.04 bits per heavy atom. The summed E-state index contributed by atoms with van der Waals surface area (Å²) in [6.07, 6.45) is 5.96. The van der Waals surface area contributed by atoms with Gasteiger partial charge >= 0.3 is 0 Å². The van der Waals surface area contributed by atoms with E-state index in [1.54, 1.807) is 6.07 Å². The fourth-order valence-electron chi connectivity index (χ4n) is 4.15. The van der Waals surface area contributed by atoms with Crippen LogP contribution in [0.1, 0.15) is 50.1 Å². The normalized spacial score (nSPS) is 21.6. The van der Waals surface area contributed by atoms with Crippen LogP contribution in [0.3, 0.4) is 0 Å². The van der Waals surface area contributed by atoms with Gasteiger partial charge in [-0.25, -0.2) is 17.2 Å². The molecule has 5 nitrogen and oxygen atoms in total. The van der Waals surface area contributed by atoms with E-state index < -0.39 is 32.9 Å². The lowest BCUT2D eigenvalue weighted by Gasteiger charge is -2.28. The fourth-order valence-corrected chi connectivity index (χ4v) is 5.97. The summed E-state index contributed by atoms with van der Waals surface area (Å²) in [5.41, 5.74) is 0.258. The van der Waals surface area contributed by atoms with E-state index in [0.29, 0.717) is 31.6 Å². The number of hydrogen-bond acceptors (Lipinski definition) is 4. The van der Waals surface area contributed by atoms with Gasteiger partial charge in [-0.3, -0.25) is 0 Å². The lowest BCUT2D eigenvalue weighted by molar-refractivity contribution is 0.552. The second-order valence-electron chi connectivity index (χ2n) is 7.00. The first-order valence-corrected chi connectivity index (χ1v) is 10.5. The molecular weight excluding hydrogens is 360 g/mol. The zero-order chi connectivity index (χ0) is 18.3. The van der Waals surface area contributed by atoms with Crippen LogP contribution in [0.5, 0.6) is 0 Å². The van der Waals surface area contributed by atoms with Gasteiger partial charge in [-0.15, -0.1) is 4.09 Å². The molecule has 0 bridgehead atoms. The molecule has 0 radical (unpaired) electrons. The first kappa shape index (κ1) is 17.5. The van der Waals surface area contributed by atoms with Crippen molar-refractivity contribution < 1.29 is 17.2 Å². The van der Waals surface area contributed by atoms with Crippen molar-refractivity contribution in [1.29, 1.82) is 0 Å². The van der Waals surface area contributed by atoms with Gasteiger partial charge in [0.25, 0.3) is 10.0 Å². The number of aromatic nitrogens is 2. The Morgan fingerprint density at radius 2 is 1.81 bits per heavy atom. The second kappa shape index (κ2) is 6.64. The SMILES string of the molecule is O=S(=O)(C1CCCC1)n1nccc1N1CCCC1c1cc(F)ccc1F. The molecule has 2 aromatic rings. The number of rotatable bonds is 4. The maximum absolute atomic E-state index is 14.3. The maximum atomic E-state index is 14.3. The maximum Gasteiger partial charge on any atom is 0.258 e. The minimum absolute atomic E-state index is 0.258. The molecule has 1 aliphatic heterocycles. The van der Waals surface area contributed by atoms with Gasteiger partial charge in [0.2, 0.25) is 0 Å². The molecule has 0 amide bonds. The van der Waals surface area contributed by atoms with E-state index in [-0.39, 0.29) is 5.56 Å². The molecule has 0 N–H and O–H groups in total. The van der Waals surface area contributed by atoms with Crippen molar-refractivity contribution in [3.63, 3.8) is 0 Å². The minimum atomic E-state index is -3.59. The highest BCUT2D eigenvalue weighted by atomic mass is 32.2. The predicted molar refractivity (Wildman–Crippen MR) is 94.5 cm³/mol. The molecule has 1 saturated carbocycles. The van der Waals surface area contributed by atoms with Crippen LogP contribution in [0.25, 0.3) is 0 Å². The van der Waals surface area contributed by atoms with Crippen molar-refractivity contribution in [1.82, 2.24) is 9.19 Å². The van der Waals surface area contributed by atoms with E-state index in [1.165, 1.54) is 12.3 Å². The Morgan fingerprint density at radius 3 is 2.58 bits per heavy atom. The second-order valence-corrected chi connectivity index (χ2v) is 9.04. The lowest BCUT2D eigenvalue weighted by atomic mass is 10.0. The molecule has 1 atom stereocenters. The van der Waals surface area contributed by atoms with Crippen LogP contribution in [0.2, 0.25) is 0 Å². The predicted octanol–water partition coefficient (Wildman–Crippen LogP) is 3.62. The third-order valence-corrected chi connectivity index (χ3v) is 7.50. The third-order valence-electron chi connectivity index (χ3n) is 5.42. The smallest absolute Gasteiger partial charge is 0.258 e. The topological polar surface area (TPSA) is 55.2 Å². The van der Waals surface area contributed by atoms with Crippen molar-refractivity contribution in [2.45, 2.75) is 49.8 Å². The van der Waals surface area contributed by atoms with Crippen molar-refractivity contribution in [3.05, 3.63) is 47.7 Å². The first-order chi connectivity index (χ1) is 12.5. The molecule has 8 heteroatoms. The summed E-state index contributed by atoms with van der Waals surface area (Å²) in [4.78, 5) is 1.83. The molecule has 1 aromatic carbocycles. The fraction of sp³-hybridized carbons (Fsp3) is 0.500. The van der Waals surface area contributed by atoms with Gasteiger partial charge in [0.1, 0.15) is 17.5 Å². The summed E-state index contributed by atoms with van der Waals surface area (Å²) in [6, 6.07) is 4.65. The van der Waals surface area contributed by atoms with E-state index in [0.717, 1.165) is 35.5 Å². The van der Waals surface area contributed by atoms with Crippen LogP contribution >= 0.6 is 0 Å². The number of nitrogens with zero attached hydrogens (tertiary/aromatic N) is 3. The standard InChI is InChI=1S/C18H21F2N3O2S/c19-13-7-8-16(20)15(12-13)17-6-3-11-22(17)18-9-10-21-23(18)26(24,25)14-4-1-2-5-14/h7-10,12,14,17H,1-6,11H2. The van der Waals surface area contributed by atoms with Gasteiger partial charge in [-0.05, 0) is 43.9 Å². The molecule has 0 spiro atoms. The van der Waals surface area contributed by atoms with Gasteiger partial charge < -0.3 is 4.90 Å². The Labute approximate surface area is 151 Å². The molecule has 1 saturated heterocycles. The van der Waals surface area contributed by atoms with Crippen LogP contribution in [0.4, 0.5) is 14.6 Å². The Hall–Kier alpha value is -1.96. The van der Waals surface area contributed by atoms with Crippen LogP contribution in [0, 0.1) is 11.6 Å². The summed E-state index contributed by atoms with van der Waals surface area (Å²) in [5.74, 6) is -0.545. The zero-order valence-electron chi connectivity index (χ0n) is 14.3. The van der Waals surface area contributed by atoms with Crippen LogP contribution in [-0.2, 0) is 10.0 Å². The van der Waals surface area contributed by atoms with E-state index in [4.69, 9.17) is 0 Å². The van der Waals surface area contributed by atoms with Crippen molar-refractivity contribution in [2.24, 2.45) is 0 Å². The molecule has 2 heterocycles. The molecule has 140 valence electrons. The highest BCUT2D eigenvalue weighted by Gasteiger charge is 2.36. The van der Waals surface area contributed by atoms with Gasteiger partial charge in [-0.2, -0.15) is 5.10 Å². The number of anilines is 1. The van der Waals surface area contributed by atoms with Crippen molar-refractivity contribution >= 4 is 15.8 Å². The summed E-state index contributed by atoms with van der Waals surface area (Å²) >= 11 is 0. The van der Waals surface area contributed by atoms with Crippen LogP contribution in [-0.4, -0.2) is 29.4 Å². The van der Waals surface area contributed by atoms with Gasteiger partial charge in [0.15, 0.2) is 0 Å². The summed E-state index contributed by atoms with van der Waals surface area (Å²) < 4.78 is 55.0.